The number of amides is 1. The van der Waals surface area contributed by atoms with Crippen molar-refractivity contribution in [1.29, 1.82) is 0 Å². The van der Waals surface area contributed by atoms with E-state index in [1.165, 1.54) is 18.5 Å². The molecule has 2 aromatic heterocycles. The first-order valence-corrected chi connectivity index (χ1v) is 10.3. The number of hydrogen-bond donors (Lipinski definition) is 2. The van der Waals surface area contributed by atoms with Crippen LogP contribution in [0.5, 0.6) is 0 Å². The zero-order valence-electron chi connectivity index (χ0n) is 17.1. The van der Waals surface area contributed by atoms with Gasteiger partial charge in [0.2, 0.25) is 5.95 Å². The molecule has 154 valence electrons. The number of H-pyrrole nitrogens is 1. The third-order valence-corrected chi connectivity index (χ3v) is 5.66. The number of anilines is 3. The topological polar surface area (TPSA) is 99.3 Å². The number of carbonyl (C=O) groups excluding carboxylic acids is 1. The van der Waals surface area contributed by atoms with Crippen LogP contribution in [0.3, 0.4) is 0 Å². The Morgan fingerprint density at radius 1 is 1.24 bits per heavy atom. The summed E-state index contributed by atoms with van der Waals surface area (Å²) < 4.78 is 5.52. The van der Waals surface area contributed by atoms with Crippen LogP contribution in [-0.4, -0.2) is 62.4 Å². The van der Waals surface area contributed by atoms with Crippen LogP contribution < -0.4 is 10.2 Å². The predicted molar refractivity (Wildman–Crippen MR) is 108 cm³/mol. The van der Waals surface area contributed by atoms with Crippen molar-refractivity contribution in [2.45, 2.75) is 51.2 Å². The number of ether oxygens (including phenoxy) is 1. The molecule has 2 saturated heterocycles. The molecule has 2 N–H and O–H groups in total. The quantitative estimate of drug-likeness (QED) is 0.818. The van der Waals surface area contributed by atoms with E-state index in [4.69, 9.17) is 4.74 Å². The van der Waals surface area contributed by atoms with Gasteiger partial charge in [0.05, 0.1) is 6.04 Å². The molecule has 1 aliphatic carbocycles. The fourth-order valence-electron chi connectivity index (χ4n) is 4.04. The Hall–Kier alpha value is -2.84. The molecule has 2 aromatic rings. The third kappa shape index (κ3) is 3.73. The third-order valence-electron chi connectivity index (χ3n) is 5.66. The minimum atomic E-state index is -0.477. The number of carbonyl (C=O) groups is 1. The van der Waals surface area contributed by atoms with Crippen LogP contribution >= 0.6 is 0 Å². The van der Waals surface area contributed by atoms with Crippen LogP contribution in [0.25, 0.3) is 0 Å². The maximum absolute atomic E-state index is 12.4. The van der Waals surface area contributed by atoms with Gasteiger partial charge < -0.3 is 19.9 Å². The van der Waals surface area contributed by atoms with Gasteiger partial charge in [0.1, 0.15) is 11.4 Å². The Balaban J connectivity index is 1.23. The maximum atomic E-state index is 12.4. The molecule has 9 nitrogen and oxygen atoms in total. The second-order valence-corrected chi connectivity index (χ2v) is 9.21. The van der Waals surface area contributed by atoms with Crippen LogP contribution in [0.1, 0.15) is 45.2 Å². The Morgan fingerprint density at radius 2 is 2.07 bits per heavy atom. The summed E-state index contributed by atoms with van der Waals surface area (Å²) in [7, 11) is 0. The lowest BCUT2D eigenvalue weighted by Gasteiger charge is -2.43. The number of hydrogen-bond acceptors (Lipinski definition) is 7. The molecule has 0 radical (unpaired) electrons. The number of nitrogens with one attached hydrogen (secondary N) is 2. The SMILES string of the molecule is CC(C)(C)OC(=O)N1CC2CN(c3nccc(Nc4cc(C5CC5)[nH]n4)n3)CC21. The summed E-state index contributed by atoms with van der Waals surface area (Å²) in [6.45, 7) is 7.97. The number of aromatic nitrogens is 4. The molecule has 3 aliphatic rings. The highest BCUT2D eigenvalue weighted by Gasteiger charge is 2.49. The van der Waals surface area contributed by atoms with E-state index < -0.39 is 5.60 Å². The van der Waals surface area contributed by atoms with Gasteiger partial charge in [-0.3, -0.25) is 5.10 Å². The summed E-state index contributed by atoms with van der Waals surface area (Å²) in [6, 6.07) is 4.05. The standard InChI is InChI=1S/C20H27N7O2/c1-20(2,3)29-19(28)27-10-13-9-26(11-15(13)27)18-21-7-6-16(23-18)22-17-8-14(24-25-17)12-4-5-12/h6-8,12-13,15H,4-5,9-11H2,1-3H3,(H2,21,22,23,24,25). The van der Waals surface area contributed by atoms with Gasteiger partial charge in [-0.05, 0) is 39.7 Å². The lowest BCUT2D eigenvalue weighted by Crippen LogP contribution is -2.59. The highest BCUT2D eigenvalue weighted by Crippen LogP contribution is 2.40. The van der Waals surface area contributed by atoms with E-state index in [-0.39, 0.29) is 12.1 Å². The molecule has 2 unspecified atom stereocenters. The summed E-state index contributed by atoms with van der Waals surface area (Å²) in [4.78, 5) is 25.4. The van der Waals surface area contributed by atoms with Gasteiger partial charge in [-0.2, -0.15) is 10.1 Å². The van der Waals surface area contributed by atoms with Gasteiger partial charge in [0.15, 0.2) is 5.82 Å². The fourth-order valence-corrected chi connectivity index (χ4v) is 4.04. The highest BCUT2D eigenvalue weighted by atomic mass is 16.6. The van der Waals surface area contributed by atoms with E-state index in [1.807, 2.05) is 37.8 Å². The van der Waals surface area contributed by atoms with Crippen LogP contribution in [0.4, 0.5) is 22.4 Å². The summed E-state index contributed by atoms with van der Waals surface area (Å²) in [6.07, 6.45) is 3.99. The molecule has 2 atom stereocenters. The van der Waals surface area contributed by atoms with Crippen LogP contribution in [-0.2, 0) is 4.74 Å². The molecule has 0 aromatic carbocycles. The number of likely N-dealkylation sites (tertiary alicyclic amines) is 1. The summed E-state index contributed by atoms with van der Waals surface area (Å²) in [5.41, 5.74) is 0.704. The largest absolute Gasteiger partial charge is 0.444 e. The lowest BCUT2D eigenvalue weighted by atomic mass is 9.93. The summed E-state index contributed by atoms with van der Waals surface area (Å²) in [5.74, 6) is 3.23. The fraction of sp³-hybridized carbons (Fsp3) is 0.600. The van der Waals surface area contributed by atoms with Crippen LogP contribution in [0.2, 0.25) is 0 Å². The minimum Gasteiger partial charge on any atom is -0.444 e. The van der Waals surface area contributed by atoms with E-state index in [1.54, 1.807) is 6.20 Å². The molecule has 9 heteroatoms. The van der Waals surface area contributed by atoms with Gasteiger partial charge in [0, 0.05) is 49.4 Å². The normalized spacial score (nSPS) is 23.6. The van der Waals surface area contributed by atoms with Crippen molar-refractivity contribution in [2.24, 2.45) is 5.92 Å². The minimum absolute atomic E-state index is 0.164. The first kappa shape index (κ1) is 18.2. The van der Waals surface area contributed by atoms with Gasteiger partial charge in [-0.15, -0.1) is 0 Å². The van der Waals surface area contributed by atoms with E-state index in [0.717, 1.165) is 25.5 Å². The summed E-state index contributed by atoms with van der Waals surface area (Å²) in [5, 5.41) is 10.7. The number of nitrogens with zero attached hydrogens (tertiary/aromatic N) is 5. The Kier molecular flexibility index (Phi) is 4.15. The first-order valence-electron chi connectivity index (χ1n) is 10.3. The van der Waals surface area contributed by atoms with Crippen molar-refractivity contribution in [1.82, 2.24) is 25.1 Å². The number of aromatic amines is 1. The van der Waals surface area contributed by atoms with E-state index in [0.29, 0.717) is 23.6 Å². The van der Waals surface area contributed by atoms with Crippen molar-refractivity contribution >= 4 is 23.7 Å². The number of fused-ring (bicyclic) bond motifs is 1. The second kappa shape index (κ2) is 6.60. The van der Waals surface area contributed by atoms with Crippen molar-refractivity contribution in [3.63, 3.8) is 0 Å². The average molecular weight is 397 g/mol. The zero-order chi connectivity index (χ0) is 20.2. The van der Waals surface area contributed by atoms with Gasteiger partial charge >= 0.3 is 6.09 Å². The molecule has 2 aliphatic heterocycles. The molecule has 1 amide bonds. The molecule has 5 rings (SSSR count). The molecule has 3 fully saturated rings. The molecular formula is C20H27N7O2. The molecule has 4 heterocycles. The van der Waals surface area contributed by atoms with E-state index >= 15 is 0 Å². The van der Waals surface area contributed by atoms with Gasteiger partial charge in [-0.1, -0.05) is 0 Å². The molecular weight excluding hydrogens is 370 g/mol. The van der Waals surface area contributed by atoms with Crippen molar-refractivity contribution in [3.05, 3.63) is 24.0 Å². The predicted octanol–water partition coefficient (Wildman–Crippen LogP) is 2.88. The smallest absolute Gasteiger partial charge is 0.410 e. The van der Waals surface area contributed by atoms with Crippen LogP contribution in [0, 0.1) is 5.92 Å². The molecule has 29 heavy (non-hydrogen) atoms. The average Bonchev–Trinajstić information content (AvgIpc) is 3.30. The Labute approximate surface area is 169 Å². The molecule has 0 spiro atoms. The van der Waals surface area contributed by atoms with Gasteiger partial charge in [0.25, 0.3) is 0 Å². The second-order valence-electron chi connectivity index (χ2n) is 9.21. The zero-order valence-corrected chi connectivity index (χ0v) is 17.1. The van der Waals surface area contributed by atoms with E-state index in [9.17, 15) is 4.79 Å². The Morgan fingerprint density at radius 3 is 2.83 bits per heavy atom. The summed E-state index contributed by atoms with van der Waals surface area (Å²) >= 11 is 0. The first-order chi connectivity index (χ1) is 13.9. The van der Waals surface area contributed by atoms with Crippen molar-refractivity contribution in [2.75, 3.05) is 29.9 Å². The lowest BCUT2D eigenvalue weighted by molar-refractivity contribution is -0.0163. The number of rotatable bonds is 4. The monoisotopic (exact) mass is 397 g/mol. The molecule has 0 bridgehead atoms. The van der Waals surface area contributed by atoms with E-state index in [2.05, 4.69) is 30.4 Å². The maximum Gasteiger partial charge on any atom is 0.410 e. The van der Waals surface area contributed by atoms with Crippen molar-refractivity contribution < 1.29 is 9.53 Å². The Bertz CT molecular complexity index is 918. The highest BCUT2D eigenvalue weighted by molar-refractivity contribution is 5.70. The van der Waals surface area contributed by atoms with Crippen LogP contribution in [0.15, 0.2) is 18.3 Å². The van der Waals surface area contributed by atoms with Crippen molar-refractivity contribution in [3.8, 4) is 0 Å². The van der Waals surface area contributed by atoms with Gasteiger partial charge in [-0.25, -0.2) is 9.78 Å². The molecule has 1 saturated carbocycles.